The van der Waals surface area contributed by atoms with Crippen LogP contribution in [0.4, 0.5) is 4.79 Å². The molecule has 5 N–H and O–H groups in total. The second-order valence-electron chi connectivity index (χ2n) is 6.50. The van der Waals surface area contributed by atoms with Crippen molar-refractivity contribution in [3.63, 3.8) is 0 Å². The first-order valence-corrected chi connectivity index (χ1v) is 8.86. The quantitative estimate of drug-likeness (QED) is 0.540. The highest BCUT2D eigenvalue weighted by atomic mass is 79.9. The van der Waals surface area contributed by atoms with E-state index >= 15 is 0 Å². The van der Waals surface area contributed by atoms with Crippen LogP contribution >= 0.6 is 15.9 Å². The molecule has 1 unspecified atom stereocenters. The fraction of sp³-hybridized carbons (Fsp3) is 0.529. The van der Waals surface area contributed by atoms with Crippen molar-refractivity contribution < 1.29 is 9.59 Å². The van der Waals surface area contributed by atoms with E-state index in [1.165, 1.54) is 0 Å². The normalized spacial score (nSPS) is 12.4. The monoisotopic (exact) mass is 398 g/mol. The summed E-state index contributed by atoms with van der Waals surface area (Å²) in [6.07, 6.45) is 1.36. The molecule has 0 radical (unpaired) electrons. The van der Waals surface area contributed by atoms with Crippen LogP contribution in [0.15, 0.2) is 28.7 Å². The standard InChI is InChI=1S/C17H27BrN4O2/c1-4-5-14(15(23)21-11-17(2,3)19)22-16(24)20-10-12-6-8-13(18)9-7-12/h6-9,14H,4-5,10-11,19H2,1-3H3,(H,21,23)(H2,20,22,24). The van der Waals surface area contributed by atoms with Crippen LogP contribution in [0.2, 0.25) is 0 Å². The van der Waals surface area contributed by atoms with Gasteiger partial charge in [0.15, 0.2) is 0 Å². The summed E-state index contributed by atoms with van der Waals surface area (Å²) in [6, 6.07) is 6.74. The molecule has 3 amide bonds. The van der Waals surface area contributed by atoms with E-state index in [0.717, 1.165) is 16.5 Å². The first-order chi connectivity index (χ1) is 11.2. The number of rotatable bonds is 8. The number of nitrogens with one attached hydrogen (secondary N) is 3. The Balaban J connectivity index is 2.49. The smallest absolute Gasteiger partial charge is 0.315 e. The number of amides is 3. The van der Waals surface area contributed by atoms with Gasteiger partial charge in [-0.25, -0.2) is 4.79 Å². The summed E-state index contributed by atoms with van der Waals surface area (Å²) in [5.41, 5.74) is 6.36. The van der Waals surface area contributed by atoms with Gasteiger partial charge in [-0.15, -0.1) is 0 Å². The number of halogens is 1. The van der Waals surface area contributed by atoms with E-state index in [-0.39, 0.29) is 11.9 Å². The summed E-state index contributed by atoms with van der Waals surface area (Å²) in [6.45, 7) is 6.39. The van der Waals surface area contributed by atoms with Crippen LogP contribution in [0.1, 0.15) is 39.2 Å². The molecular weight excluding hydrogens is 372 g/mol. The molecule has 0 aromatic heterocycles. The summed E-state index contributed by atoms with van der Waals surface area (Å²) < 4.78 is 0.984. The van der Waals surface area contributed by atoms with E-state index < -0.39 is 11.6 Å². The van der Waals surface area contributed by atoms with Crippen molar-refractivity contribution in [3.05, 3.63) is 34.3 Å². The van der Waals surface area contributed by atoms with Crippen molar-refractivity contribution in [3.8, 4) is 0 Å². The molecule has 0 saturated carbocycles. The Morgan fingerprint density at radius 3 is 2.38 bits per heavy atom. The lowest BCUT2D eigenvalue weighted by molar-refractivity contribution is -0.123. The van der Waals surface area contributed by atoms with Crippen LogP contribution in [-0.4, -0.2) is 30.1 Å². The van der Waals surface area contributed by atoms with Crippen molar-refractivity contribution in [2.45, 2.75) is 51.7 Å². The first kappa shape index (κ1) is 20.4. The molecule has 1 atom stereocenters. The van der Waals surface area contributed by atoms with Crippen molar-refractivity contribution in [1.82, 2.24) is 16.0 Å². The zero-order valence-electron chi connectivity index (χ0n) is 14.5. The van der Waals surface area contributed by atoms with Gasteiger partial charge in [0.1, 0.15) is 6.04 Å². The Bertz CT molecular complexity index is 541. The van der Waals surface area contributed by atoms with Gasteiger partial charge in [0.25, 0.3) is 0 Å². The Labute approximate surface area is 152 Å². The number of carbonyl (C=O) groups excluding carboxylic acids is 2. The Hall–Kier alpha value is -1.60. The zero-order valence-corrected chi connectivity index (χ0v) is 16.1. The van der Waals surface area contributed by atoms with Crippen LogP contribution in [0.5, 0.6) is 0 Å². The zero-order chi connectivity index (χ0) is 18.2. The van der Waals surface area contributed by atoms with Gasteiger partial charge in [-0.05, 0) is 38.0 Å². The van der Waals surface area contributed by atoms with Crippen molar-refractivity contribution in [2.24, 2.45) is 5.73 Å². The average molecular weight is 399 g/mol. The molecule has 1 aromatic rings. The lowest BCUT2D eigenvalue weighted by Gasteiger charge is -2.23. The minimum Gasteiger partial charge on any atom is -0.352 e. The molecule has 0 fully saturated rings. The molecule has 24 heavy (non-hydrogen) atoms. The van der Waals surface area contributed by atoms with Gasteiger partial charge < -0.3 is 21.7 Å². The third-order valence-electron chi connectivity index (χ3n) is 3.28. The second kappa shape index (κ2) is 9.64. The van der Waals surface area contributed by atoms with Gasteiger partial charge >= 0.3 is 6.03 Å². The van der Waals surface area contributed by atoms with E-state index in [0.29, 0.717) is 19.5 Å². The van der Waals surface area contributed by atoms with Crippen molar-refractivity contribution in [2.75, 3.05) is 6.54 Å². The maximum atomic E-state index is 12.2. The van der Waals surface area contributed by atoms with Crippen LogP contribution in [0.3, 0.4) is 0 Å². The fourth-order valence-corrected chi connectivity index (χ4v) is 2.25. The van der Waals surface area contributed by atoms with Crippen LogP contribution in [0, 0.1) is 0 Å². The number of benzene rings is 1. The lowest BCUT2D eigenvalue weighted by atomic mass is 10.1. The Morgan fingerprint density at radius 1 is 1.21 bits per heavy atom. The first-order valence-electron chi connectivity index (χ1n) is 8.06. The topological polar surface area (TPSA) is 96.2 Å². The third kappa shape index (κ3) is 8.31. The highest BCUT2D eigenvalue weighted by molar-refractivity contribution is 9.10. The predicted molar refractivity (Wildman–Crippen MR) is 99.5 cm³/mol. The molecule has 0 aliphatic heterocycles. The van der Waals surface area contributed by atoms with Gasteiger partial charge in [-0.1, -0.05) is 41.4 Å². The lowest BCUT2D eigenvalue weighted by Crippen LogP contribution is -2.53. The molecule has 0 saturated heterocycles. The summed E-state index contributed by atoms with van der Waals surface area (Å²) >= 11 is 3.37. The van der Waals surface area contributed by atoms with Crippen LogP contribution in [0.25, 0.3) is 0 Å². The highest BCUT2D eigenvalue weighted by Gasteiger charge is 2.21. The molecule has 0 heterocycles. The minimum absolute atomic E-state index is 0.214. The summed E-state index contributed by atoms with van der Waals surface area (Å²) in [4.78, 5) is 24.3. The largest absolute Gasteiger partial charge is 0.352 e. The van der Waals surface area contributed by atoms with E-state index in [9.17, 15) is 9.59 Å². The van der Waals surface area contributed by atoms with E-state index in [4.69, 9.17) is 5.73 Å². The number of hydrogen-bond acceptors (Lipinski definition) is 3. The molecule has 1 aromatic carbocycles. The summed E-state index contributed by atoms with van der Waals surface area (Å²) in [5, 5.41) is 8.27. The maximum absolute atomic E-state index is 12.2. The molecule has 6 nitrogen and oxygen atoms in total. The second-order valence-corrected chi connectivity index (χ2v) is 7.42. The molecule has 7 heteroatoms. The fourth-order valence-electron chi connectivity index (χ4n) is 1.99. The number of carbonyl (C=O) groups is 2. The van der Waals surface area contributed by atoms with Gasteiger partial charge in [0.2, 0.25) is 5.91 Å². The average Bonchev–Trinajstić information content (AvgIpc) is 2.51. The molecule has 1 rings (SSSR count). The molecule has 0 aliphatic rings. The highest BCUT2D eigenvalue weighted by Crippen LogP contribution is 2.10. The molecular formula is C17H27BrN4O2. The maximum Gasteiger partial charge on any atom is 0.315 e. The minimum atomic E-state index is -0.567. The van der Waals surface area contributed by atoms with Crippen LogP contribution in [-0.2, 0) is 11.3 Å². The molecule has 0 spiro atoms. The molecule has 134 valence electrons. The van der Waals surface area contributed by atoms with Gasteiger partial charge in [-0.2, -0.15) is 0 Å². The van der Waals surface area contributed by atoms with Gasteiger partial charge in [-0.3, -0.25) is 4.79 Å². The van der Waals surface area contributed by atoms with Crippen molar-refractivity contribution >= 4 is 27.9 Å². The number of nitrogens with two attached hydrogens (primary N) is 1. The van der Waals surface area contributed by atoms with Crippen molar-refractivity contribution in [1.29, 1.82) is 0 Å². The van der Waals surface area contributed by atoms with E-state index in [2.05, 4.69) is 31.9 Å². The number of hydrogen-bond donors (Lipinski definition) is 4. The van der Waals surface area contributed by atoms with Gasteiger partial charge in [0.05, 0.1) is 0 Å². The van der Waals surface area contributed by atoms with E-state index in [1.807, 2.05) is 45.0 Å². The summed E-state index contributed by atoms with van der Waals surface area (Å²) in [5.74, 6) is -0.214. The molecule has 0 aliphatic carbocycles. The van der Waals surface area contributed by atoms with Crippen LogP contribution < -0.4 is 21.7 Å². The molecule has 0 bridgehead atoms. The third-order valence-corrected chi connectivity index (χ3v) is 3.81. The van der Waals surface area contributed by atoms with Gasteiger partial charge in [0, 0.05) is 23.1 Å². The summed E-state index contributed by atoms with van der Waals surface area (Å²) in [7, 11) is 0. The predicted octanol–water partition coefficient (Wildman–Crippen LogP) is 2.27. The Kier molecular flexibility index (Phi) is 8.21. The van der Waals surface area contributed by atoms with E-state index in [1.54, 1.807) is 0 Å². The Morgan fingerprint density at radius 2 is 1.83 bits per heavy atom. The SMILES string of the molecule is CCCC(NC(=O)NCc1ccc(Br)cc1)C(=O)NCC(C)(C)N. The number of urea groups is 1.